The molecule has 0 bridgehead atoms. The molecule has 0 unspecified atom stereocenters. The monoisotopic (exact) mass is 277 g/mol. The number of rotatable bonds is 7. The van der Waals surface area contributed by atoms with Crippen LogP contribution in [0.25, 0.3) is 0 Å². The van der Waals surface area contributed by atoms with Gasteiger partial charge in [0.05, 0.1) is 5.75 Å². The molecule has 1 N–H and O–H groups in total. The van der Waals surface area contributed by atoms with Gasteiger partial charge in [0.25, 0.3) is 0 Å². The van der Waals surface area contributed by atoms with Gasteiger partial charge in [-0.05, 0) is 12.3 Å². The van der Waals surface area contributed by atoms with Crippen molar-refractivity contribution in [1.29, 1.82) is 0 Å². The van der Waals surface area contributed by atoms with E-state index >= 15 is 0 Å². The molecule has 108 valence electrons. The molecule has 0 radical (unpaired) electrons. The highest BCUT2D eigenvalue weighted by Gasteiger charge is 2.19. The Balaban J connectivity index is 2.31. The van der Waals surface area contributed by atoms with Gasteiger partial charge in [-0.2, -0.15) is 0 Å². The fraction of sp³-hybridized carbons (Fsp3) is 1.00. The normalized spacial score (nSPS) is 18.7. The van der Waals surface area contributed by atoms with Crippen LogP contribution in [0.2, 0.25) is 0 Å². The lowest BCUT2D eigenvalue weighted by Crippen LogP contribution is -2.46. The van der Waals surface area contributed by atoms with Crippen LogP contribution < -0.4 is 5.32 Å². The maximum atomic E-state index is 12.0. The molecule has 0 spiro atoms. The molecule has 1 saturated heterocycles. The second kappa shape index (κ2) is 7.43. The fourth-order valence-electron chi connectivity index (χ4n) is 1.90. The van der Waals surface area contributed by atoms with Crippen molar-refractivity contribution in [2.75, 3.05) is 52.1 Å². The van der Waals surface area contributed by atoms with Crippen LogP contribution in [-0.2, 0) is 10.0 Å². The largest absolute Gasteiger partial charge is 0.314 e. The van der Waals surface area contributed by atoms with Crippen LogP contribution in [0.15, 0.2) is 0 Å². The highest BCUT2D eigenvalue weighted by atomic mass is 32.2. The highest BCUT2D eigenvalue weighted by molar-refractivity contribution is 7.89. The SMILES string of the molecule is CC(C)CCS(=O)(=O)N(C)CCN1CCNCC1. The lowest BCUT2D eigenvalue weighted by molar-refractivity contribution is 0.229. The topological polar surface area (TPSA) is 52.7 Å². The number of nitrogens with one attached hydrogen (secondary N) is 1. The zero-order chi connectivity index (χ0) is 13.6. The van der Waals surface area contributed by atoms with Crippen molar-refractivity contribution in [2.24, 2.45) is 5.92 Å². The maximum absolute atomic E-state index is 12.0. The molecular formula is C12H27N3O2S. The molecule has 0 aliphatic carbocycles. The quantitative estimate of drug-likeness (QED) is 0.722. The zero-order valence-corrected chi connectivity index (χ0v) is 12.7. The third-order valence-corrected chi connectivity index (χ3v) is 5.25. The summed E-state index contributed by atoms with van der Waals surface area (Å²) >= 11 is 0. The second-order valence-corrected chi connectivity index (χ2v) is 7.61. The number of nitrogens with zero attached hydrogens (tertiary/aromatic N) is 2. The summed E-state index contributed by atoms with van der Waals surface area (Å²) in [4.78, 5) is 2.31. The Bertz CT molecular complexity index is 324. The van der Waals surface area contributed by atoms with Gasteiger partial charge in [-0.1, -0.05) is 13.8 Å². The van der Waals surface area contributed by atoms with E-state index in [-0.39, 0.29) is 5.75 Å². The van der Waals surface area contributed by atoms with Crippen molar-refractivity contribution in [3.8, 4) is 0 Å². The average Bonchev–Trinajstić information content (AvgIpc) is 2.35. The van der Waals surface area contributed by atoms with Crippen LogP contribution in [0, 0.1) is 5.92 Å². The summed E-state index contributed by atoms with van der Waals surface area (Å²) in [5.41, 5.74) is 0. The minimum absolute atomic E-state index is 0.267. The number of hydrogen-bond acceptors (Lipinski definition) is 4. The van der Waals surface area contributed by atoms with Crippen molar-refractivity contribution in [3.05, 3.63) is 0 Å². The van der Waals surface area contributed by atoms with E-state index in [1.807, 2.05) is 0 Å². The van der Waals surface area contributed by atoms with Gasteiger partial charge in [-0.15, -0.1) is 0 Å². The summed E-state index contributed by atoms with van der Waals surface area (Å²) in [5, 5.41) is 3.29. The Morgan fingerprint density at radius 2 is 1.89 bits per heavy atom. The van der Waals surface area contributed by atoms with E-state index in [2.05, 4.69) is 24.1 Å². The maximum Gasteiger partial charge on any atom is 0.213 e. The Morgan fingerprint density at radius 1 is 1.28 bits per heavy atom. The van der Waals surface area contributed by atoms with E-state index in [0.29, 0.717) is 12.5 Å². The smallest absolute Gasteiger partial charge is 0.213 e. The number of hydrogen-bond donors (Lipinski definition) is 1. The molecule has 0 saturated carbocycles. The summed E-state index contributed by atoms with van der Waals surface area (Å²) in [6.45, 7) is 9.57. The van der Waals surface area contributed by atoms with Crippen molar-refractivity contribution < 1.29 is 8.42 Å². The van der Waals surface area contributed by atoms with E-state index in [9.17, 15) is 8.42 Å². The van der Waals surface area contributed by atoms with Crippen molar-refractivity contribution in [3.63, 3.8) is 0 Å². The van der Waals surface area contributed by atoms with Crippen molar-refractivity contribution >= 4 is 10.0 Å². The lowest BCUT2D eigenvalue weighted by Gasteiger charge is -2.28. The van der Waals surface area contributed by atoms with Crippen LogP contribution in [0.3, 0.4) is 0 Å². The van der Waals surface area contributed by atoms with Gasteiger partial charge in [0.15, 0.2) is 0 Å². The Morgan fingerprint density at radius 3 is 2.44 bits per heavy atom. The van der Waals surface area contributed by atoms with Gasteiger partial charge in [0, 0.05) is 46.3 Å². The molecule has 1 heterocycles. The van der Waals surface area contributed by atoms with Gasteiger partial charge in [0.1, 0.15) is 0 Å². The minimum atomic E-state index is -3.07. The molecule has 5 nitrogen and oxygen atoms in total. The third-order valence-electron chi connectivity index (χ3n) is 3.37. The first-order valence-electron chi connectivity index (χ1n) is 6.79. The van der Waals surface area contributed by atoms with Crippen molar-refractivity contribution in [1.82, 2.24) is 14.5 Å². The molecule has 1 aliphatic rings. The molecule has 0 aromatic heterocycles. The molecule has 18 heavy (non-hydrogen) atoms. The average molecular weight is 277 g/mol. The summed E-state index contributed by atoms with van der Waals surface area (Å²) < 4.78 is 25.5. The molecule has 6 heteroatoms. The van der Waals surface area contributed by atoms with Gasteiger partial charge in [0.2, 0.25) is 10.0 Å². The van der Waals surface area contributed by atoms with E-state index in [1.165, 1.54) is 4.31 Å². The van der Waals surface area contributed by atoms with Crippen LogP contribution in [-0.4, -0.2) is 69.7 Å². The summed E-state index contributed by atoms with van der Waals surface area (Å²) in [5.74, 6) is 0.698. The van der Waals surface area contributed by atoms with Crippen LogP contribution >= 0.6 is 0 Å². The first kappa shape index (κ1) is 15.9. The molecule has 1 fully saturated rings. The second-order valence-electron chi connectivity index (χ2n) is 5.41. The van der Waals surface area contributed by atoms with Crippen molar-refractivity contribution in [2.45, 2.75) is 20.3 Å². The molecule has 1 aliphatic heterocycles. The van der Waals surface area contributed by atoms with Gasteiger partial charge in [-0.25, -0.2) is 12.7 Å². The predicted octanol–water partition coefficient (Wildman–Crippen LogP) is 0.199. The molecule has 0 atom stereocenters. The van der Waals surface area contributed by atoms with Crippen LogP contribution in [0.1, 0.15) is 20.3 Å². The Labute approximate surface area is 112 Å². The van der Waals surface area contributed by atoms with E-state index in [0.717, 1.165) is 39.1 Å². The number of piperazine rings is 1. The first-order chi connectivity index (χ1) is 8.42. The predicted molar refractivity (Wildman–Crippen MR) is 75.2 cm³/mol. The van der Waals surface area contributed by atoms with Crippen LogP contribution in [0.4, 0.5) is 0 Å². The summed E-state index contributed by atoms with van der Waals surface area (Å²) in [6.07, 6.45) is 0.736. The molecule has 0 aromatic carbocycles. The van der Waals surface area contributed by atoms with Crippen LogP contribution in [0.5, 0.6) is 0 Å². The molecule has 1 rings (SSSR count). The van der Waals surface area contributed by atoms with Gasteiger partial charge < -0.3 is 5.32 Å². The number of sulfonamides is 1. The Hall–Kier alpha value is -0.170. The summed E-state index contributed by atoms with van der Waals surface area (Å²) in [6, 6.07) is 0. The van der Waals surface area contributed by atoms with Gasteiger partial charge >= 0.3 is 0 Å². The van der Waals surface area contributed by atoms with Gasteiger partial charge in [-0.3, -0.25) is 4.90 Å². The van der Waals surface area contributed by atoms with E-state index in [1.54, 1.807) is 7.05 Å². The van der Waals surface area contributed by atoms with E-state index in [4.69, 9.17) is 0 Å². The third kappa shape index (κ3) is 5.65. The highest BCUT2D eigenvalue weighted by Crippen LogP contribution is 2.06. The first-order valence-corrected chi connectivity index (χ1v) is 8.40. The minimum Gasteiger partial charge on any atom is -0.314 e. The number of likely N-dealkylation sites (N-methyl/N-ethyl adjacent to an activating group) is 1. The molecule has 0 amide bonds. The standard InChI is InChI=1S/C12H27N3O2S/c1-12(2)4-11-18(16,17)14(3)9-10-15-7-5-13-6-8-15/h12-13H,4-11H2,1-3H3. The summed E-state index contributed by atoms with van der Waals surface area (Å²) in [7, 11) is -1.37. The fourth-order valence-corrected chi connectivity index (χ4v) is 3.34. The Kier molecular flexibility index (Phi) is 6.55. The zero-order valence-electron chi connectivity index (χ0n) is 11.9. The molecule has 0 aromatic rings. The van der Waals surface area contributed by atoms with E-state index < -0.39 is 10.0 Å². The molecular weight excluding hydrogens is 250 g/mol. The lowest BCUT2D eigenvalue weighted by atomic mass is 10.2.